The predicted molar refractivity (Wildman–Crippen MR) is 84.6 cm³/mol. The smallest absolute Gasteiger partial charge is 0.0678 e. The van der Waals surface area contributed by atoms with Gasteiger partial charge in [-0.1, -0.05) is 6.92 Å². The van der Waals surface area contributed by atoms with Crippen LogP contribution in [0, 0.1) is 0 Å². The van der Waals surface area contributed by atoms with Gasteiger partial charge in [0.1, 0.15) is 0 Å². The van der Waals surface area contributed by atoms with E-state index in [1.165, 1.54) is 4.88 Å². The molecule has 1 aromatic heterocycles. The lowest BCUT2D eigenvalue weighted by Crippen LogP contribution is -2.51. The molecule has 0 bridgehead atoms. The van der Waals surface area contributed by atoms with Crippen molar-refractivity contribution in [3.63, 3.8) is 0 Å². The first-order chi connectivity index (χ1) is 9.01. The highest BCUT2D eigenvalue weighted by atomic mass is 79.9. The van der Waals surface area contributed by atoms with Crippen molar-refractivity contribution >= 4 is 27.3 Å². The quantitative estimate of drug-likeness (QED) is 0.907. The molecule has 5 heteroatoms. The van der Waals surface area contributed by atoms with Crippen LogP contribution in [0.5, 0.6) is 0 Å². The Bertz CT molecular complexity index is 402. The highest BCUT2D eigenvalue weighted by Crippen LogP contribution is 2.33. The average molecular weight is 347 g/mol. The minimum Gasteiger partial charge on any atom is -0.373 e. The standard InChI is InChI=1S/C14H23BrN2OS/c1-4-12(16)14(13-5-11(15)8-19-13)17-6-9(2)18-10(3)7-17/h5,8-10,12,14H,4,6-7,16H2,1-3H3. The van der Waals surface area contributed by atoms with E-state index in [0.717, 1.165) is 24.0 Å². The molecule has 19 heavy (non-hydrogen) atoms. The lowest BCUT2D eigenvalue weighted by Gasteiger charge is -2.41. The predicted octanol–water partition coefficient (Wildman–Crippen LogP) is 3.40. The number of rotatable bonds is 4. The van der Waals surface area contributed by atoms with Crippen LogP contribution in [0.4, 0.5) is 0 Å². The fraction of sp³-hybridized carbons (Fsp3) is 0.714. The summed E-state index contributed by atoms with van der Waals surface area (Å²) in [7, 11) is 0. The largest absolute Gasteiger partial charge is 0.373 e. The van der Waals surface area contributed by atoms with Crippen molar-refractivity contribution in [2.24, 2.45) is 5.73 Å². The highest BCUT2D eigenvalue weighted by molar-refractivity contribution is 9.10. The summed E-state index contributed by atoms with van der Waals surface area (Å²) in [4.78, 5) is 3.84. The second-order valence-corrected chi connectivity index (χ2v) is 7.25. The van der Waals surface area contributed by atoms with Crippen LogP contribution in [-0.2, 0) is 4.74 Å². The molecule has 0 spiro atoms. The highest BCUT2D eigenvalue weighted by Gasteiger charge is 2.32. The minimum absolute atomic E-state index is 0.169. The average Bonchev–Trinajstić information content (AvgIpc) is 2.74. The van der Waals surface area contributed by atoms with E-state index in [1.54, 1.807) is 11.3 Å². The van der Waals surface area contributed by atoms with Gasteiger partial charge < -0.3 is 10.5 Å². The van der Waals surface area contributed by atoms with Crippen molar-refractivity contribution in [1.82, 2.24) is 4.90 Å². The van der Waals surface area contributed by atoms with Gasteiger partial charge in [0, 0.05) is 33.9 Å². The van der Waals surface area contributed by atoms with E-state index in [1.807, 2.05) is 0 Å². The summed E-state index contributed by atoms with van der Waals surface area (Å²) in [6.45, 7) is 8.35. The Morgan fingerprint density at radius 2 is 2.11 bits per heavy atom. The summed E-state index contributed by atoms with van der Waals surface area (Å²) in [5, 5.41) is 2.14. The molecular formula is C14H23BrN2OS. The first kappa shape index (κ1) is 15.4. The van der Waals surface area contributed by atoms with Gasteiger partial charge in [-0.05, 0) is 42.3 Å². The third-order valence-electron chi connectivity index (χ3n) is 3.60. The van der Waals surface area contributed by atoms with Gasteiger partial charge in [-0.3, -0.25) is 4.90 Å². The first-order valence-electron chi connectivity index (χ1n) is 6.90. The van der Waals surface area contributed by atoms with E-state index < -0.39 is 0 Å². The number of hydrogen-bond acceptors (Lipinski definition) is 4. The maximum absolute atomic E-state index is 6.39. The molecule has 2 rings (SSSR count). The molecule has 2 N–H and O–H groups in total. The van der Waals surface area contributed by atoms with E-state index in [9.17, 15) is 0 Å². The Morgan fingerprint density at radius 1 is 1.47 bits per heavy atom. The number of nitrogens with zero attached hydrogens (tertiary/aromatic N) is 1. The fourth-order valence-corrected chi connectivity index (χ4v) is 4.47. The van der Waals surface area contributed by atoms with Crippen molar-refractivity contribution in [2.45, 2.75) is 51.5 Å². The van der Waals surface area contributed by atoms with Crippen LogP contribution in [0.15, 0.2) is 15.9 Å². The SMILES string of the molecule is CCC(N)C(c1cc(Br)cs1)N1CC(C)OC(C)C1. The molecule has 2 heterocycles. The maximum Gasteiger partial charge on any atom is 0.0678 e. The topological polar surface area (TPSA) is 38.5 Å². The Kier molecular flexibility index (Phi) is 5.43. The maximum atomic E-state index is 6.39. The molecule has 0 aliphatic carbocycles. The zero-order valence-electron chi connectivity index (χ0n) is 11.8. The summed E-state index contributed by atoms with van der Waals surface area (Å²) >= 11 is 5.33. The van der Waals surface area contributed by atoms with Crippen molar-refractivity contribution in [3.8, 4) is 0 Å². The van der Waals surface area contributed by atoms with Gasteiger partial charge in [-0.2, -0.15) is 0 Å². The summed E-state index contributed by atoms with van der Waals surface area (Å²) in [6.07, 6.45) is 1.54. The zero-order chi connectivity index (χ0) is 14.0. The van der Waals surface area contributed by atoms with Crippen LogP contribution in [-0.4, -0.2) is 36.2 Å². The van der Waals surface area contributed by atoms with Gasteiger partial charge in [-0.25, -0.2) is 0 Å². The van der Waals surface area contributed by atoms with Gasteiger partial charge in [0.25, 0.3) is 0 Å². The molecule has 0 saturated carbocycles. The number of morpholine rings is 1. The van der Waals surface area contributed by atoms with Crippen molar-refractivity contribution in [3.05, 3.63) is 20.8 Å². The molecule has 3 nitrogen and oxygen atoms in total. The van der Waals surface area contributed by atoms with Crippen LogP contribution >= 0.6 is 27.3 Å². The number of nitrogens with two attached hydrogens (primary N) is 1. The van der Waals surface area contributed by atoms with Crippen molar-refractivity contribution in [1.29, 1.82) is 0 Å². The monoisotopic (exact) mass is 346 g/mol. The second-order valence-electron chi connectivity index (χ2n) is 5.40. The molecule has 108 valence electrons. The van der Waals surface area contributed by atoms with Gasteiger partial charge in [0.15, 0.2) is 0 Å². The van der Waals surface area contributed by atoms with Crippen LogP contribution in [0.1, 0.15) is 38.1 Å². The lowest BCUT2D eigenvalue weighted by molar-refractivity contribution is -0.0834. The van der Waals surface area contributed by atoms with E-state index in [0.29, 0.717) is 6.04 Å². The van der Waals surface area contributed by atoms with Gasteiger partial charge >= 0.3 is 0 Å². The molecule has 4 unspecified atom stereocenters. The van der Waals surface area contributed by atoms with Crippen LogP contribution in [0.25, 0.3) is 0 Å². The normalized spacial score (nSPS) is 28.3. The molecule has 1 aliphatic heterocycles. The van der Waals surface area contributed by atoms with E-state index >= 15 is 0 Å². The van der Waals surface area contributed by atoms with Gasteiger partial charge in [-0.15, -0.1) is 11.3 Å². The van der Waals surface area contributed by atoms with E-state index in [-0.39, 0.29) is 18.2 Å². The fourth-order valence-electron chi connectivity index (χ4n) is 2.81. The Labute approximate surface area is 128 Å². The first-order valence-corrected chi connectivity index (χ1v) is 8.57. The molecule has 0 radical (unpaired) electrons. The molecule has 0 aromatic carbocycles. The van der Waals surface area contributed by atoms with Crippen LogP contribution in [0.2, 0.25) is 0 Å². The minimum atomic E-state index is 0.169. The van der Waals surface area contributed by atoms with Gasteiger partial charge in [0.2, 0.25) is 0 Å². The van der Waals surface area contributed by atoms with E-state index in [2.05, 4.69) is 53.0 Å². The Morgan fingerprint density at radius 3 is 2.58 bits per heavy atom. The number of ether oxygens (including phenoxy) is 1. The Hall–Kier alpha value is 0.0600. The molecule has 1 aliphatic rings. The number of halogens is 1. The molecule has 1 saturated heterocycles. The number of hydrogen-bond donors (Lipinski definition) is 1. The molecular weight excluding hydrogens is 324 g/mol. The van der Waals surface area contributed by atoms with Gasteiger partial charge in [0.05, 0.1) is 18.2 Å². The summed E-state index contributed by atoms with van der Waals surface area (Å²) in [5.74, 6) is 0. The summed E-state index contributed by atoms with van der Waals surface area (Å²) in [6, 6.07) is 2.67. The van der Waals surface area contributed by atoms with Crippen LogP contribution in [0.3, 0.4) is 0 Å². The molecule has 1 aromatic rings. The second kappa shape index (κ2) is 6.68. The van der Waals surface area contributed by atoms with Crippen molar-refractivity contribution < 1.29 is 4.74 Å². The zero-order valence-corrected chi connectivity index (χ0v) is 14.2. The number of thiophene rings is 1. The van der Waals surface area contributed by atoms with Crippen LogP contribution < -0.4 is 5.73 Å². The molecule has 1 fully saturated rings. The molecule has 0 amide bonds. The Balaban J connectivity index is 2.22. The third-order valence-corrected chi connectivity index (χ3v) is 5.36. The van der Waals surface area contributed by atoms with Crippen molar-refractivity contribution in [2.75, 3.05) is 13.1 Å². The third kappa shape index (κ3) is 3.79. The summed E-state index contributed by atoms with van der Waals surface area (Å²) in [5.41, 5.74) is 6.39. The lowest BCUT2D eigenvalue weighted by atomic mass is 10.0. The van der Waals surface area contributed by atoms with E-state index in [4.69, 9.17) is 10.5 Å². The summed E-state index contributed by atoms with van der Waals surface area (Å²) < 4.78 is 6.98. The molecule has 4 atom stereocenters.